The molecule has 1 aliphatic carbocycles. The van der Waals surface area contributed by atoms with E-state index in [2.05, 4.69) is 42.1 Å². The fraction of sp³-hybridized carbons (Fsp3) is 0.478. The predicted octanol–water partition coefficient (Wildman–Crippen LogP) is 2.46. The first-order chi connectivity index (χ1) is 15.7. The molecule has 3 aromatic heterocycles. The molecule has 2 fully saturated rings. The standard InChI is InChI=1S/C23H30N8O/c32-23(27-19-3-1-2-4-19)29-22-6-5-20-21(28-22)13-17(14-25-20)18-15-26-31(16-18)12-11-30-9-7-24-8-10-30/h5-6,13-16,19,24H,1-4,7-12H2,(H2,27,28,29,32). The van der Waals surface area contributed by atoms with Crippen molar-refractivity contribution in [1.82, 2.24) is 35.3 Å². The summed E-state index contributed by atoms with van der Waals surface area (Å²) in [6.45, 7) is 6.15. The average molecular weight is 435 g/mol. The summed E-state index contributed by atoms with van der Waals surface area (Å²) in [5.74, 6) is 0.527. The second-order valence-corrected chi connectivity index (χ2v) is 8.62. The van der Waals surface area contributed by atoms with E-state index < -0.39 is 0 Å². The van der Waals surface area contributed by atoms with Gasteiger partial charge in [0, 0.05) is 62.3 Å². The Kier molecular flexibility index (Phi) is 6.27. The monoisotopic (exact) mass is 434 g/mol. The van der Waals surface area contributed by atoms with Crippen molar-refractivity contribution >= 4 is 22.9 Å². The van der Waals surface area contributed by atoms with Gasteiger partial charge in [-0.05, 0) is 31.0 Å². The number of piperazine rings is 1. The average Bonchev–Trinajstić information content (AvgIpc) is 3.50. The number of hydrogen-bond donors (Lipinski definition) is 3. The van der Waals surface area contributed by atoms with Gasteiger partial charge in [-0.3, -0.25) is 19.9 Å². The number of urea groups is 1. The van der Waals surface area contributed by atoms with E-state index in [-0.39, 0.29) is 12.1 Å². The zero-order valence-electron chi connectivity index (χ0n) is 18.3. The van der Waals surface area contributed by atoms with Crippen molar-refractivity contribution in [3.63, 3.8) is 0 Å². The highest BCUT2D eigenvalue weighted by atomic mass is 16.2. The van der Waals surface area contributed by atoms with E-state index in [1.54, 1.807) is 6.07 Å². The third-order valence-corrected chi connectivity index (χ3v) is 6.29. The highest BCUT2D eigenvalue weighted by Crippen LogP contribution is 2.23. The lowest BCUT2D eigenvalue weighted by molar-refractivity contribution is 0.229. The zero-order chi connectivity index (χ0) is 21.8. The maximum absolute atomic E-state index is 12.3. The van der Waals surface area contributed by atoms with E-state index in [1.165, 1.54) is 12.8 Å². The van der Waals surface area contributed by atoms with Crippen LogP contribution in [0.3, 0.4) is 0 Å². The number of nitrogens with one attached hydrogen (secondary N) is 3. The van der Waals surface area contributed by atoms with Crippen molar-refractivity contribution in [2.75, 3.05) is 38.0 Å². The molecule has 4 heterocycles. The van der Waals surface area contributed by atoms with Crippen molar-refractivity contribution in [2.24, 2.45) is 0 Å². The number of amides is 2. The van der Waals surface area contributed by atoms with Crippen LogP contribution in [0.15, 0.2) is 36.8 Å². The van der Waals surface area contributed by atoms with Crippen molar-refractivity contribution < 1.29 is 4.79 Å². The Hall–Kier alpha value is -3.04. The minimum absolute atomic E-state index is 0.196. The molecule has 1 saturated carbocycles. The molecular weight excluding hydrogens is 404 g/mol. The first-order valence-electron chi connectivity index (χ1n) is 11.5. The number of rotatable bonds is 6. The largest absolute Gasteiger partial charge is 0.335 e. The van der Waals surface area contributed by atoms with Gasteiger partial charge in [0.25, 0.3) is 0 Å². The summed E-state index contributed by atoms with van der Waals surface area (Å²) < 4.78 is 1.99. The molecule has 0 atom stereocenters. The summed E-state index contributed by atoms with van der Waals surface area (Å²) in [6.07, 6.45) is 10.2. The Morgan fingerprint density at radius 1 is 1.06 bits per heavy atom. The fourth-order valence-electron chi connectivity index (χ4n) is 4.46. The second-order valence-electron chi connectivity index (χ2n) is 8.62. The molecule has 9 nitrogen and oxygen atoms in total. The summed E-state index contributed by atoms with van der Waals surface area (Å²) in [5, 5.41) is 13.8. The minimum Gasteiger partial charge on any atom is -0.335 e. The highest BCUT2D eigenvalue weighted by molar-refractivity contribution is 5.90. The molecule has 0 bridgehead atoms. The number of nitrogens with zero attached hydrogens (tertiary/aromatic N) is 5. The van der Waals surface area contributed by atoms with E-state index in [4.69, 9.17) is 0 Å². The van der Waals surface area contributed by atoms with Gasteiger partial charge < -0.3 is 10.6 Å². The second kappa shape index (κ2) is 9.62. The number of carbonyl (C=O) groups is 1. The molecule has 5 rings (SSSR count). The van der Waals surface area contributed by atoms with Crippen LogP contribution >= 0.6 is 0 Å². The van der Waals surface area contributed by atoms with E-state index in [0.717, 1.165) is 74.3 Å². The molecule has 0 unspecified atom stereocenters. The molecular formula is C23H30N8O. The summed E-state index contributed by atoms with van der Waals surface area (Å²) in [5.41, 5.74) is 3.51. The Labute approximate surface area is 187 Å². The fourth-order valence-corrected chi connectivity index (χ4v) is 4.46. The van der Waals surface area contributed by atoms with E-state index in [9.17, 15) is 4.79 Å². The van der Waals surface area contributed by atoms with Gasteiger partial charge in [-0.25, -0.2) is 9.78 Å². The van der Waals surface area contributed by atoms with Gasteiger partial charge in [-0.2, -0.15) is 5.10 Å². The van der Waals surface area contributed by atoms with Crippen LogP contribution in [0.4, 0.5) is 10.6 Å². The first kappa shape index (κ1) is 20.8. The molecule has 3 N–H and O–H groups in total. The van der Waals surface area contributed by atoms with Crippen LogP contribution in [0.2, 0.25) is 0 Å². The molecule has 2 aliphatic rings. The first-order valence-corrected chi connectivity index (χ1v) is 11.5. The van der Waals surface area contributed by atoms with E-state index in [1.807, 2.05) is 29.2 Å². The van der Waals surface area contributed by atoms with Crippen molar-refractivity contribution in [1.29, 1.82) is 0 Å². The number of fused-ring (bicyclic) bond motifs is 1. The lowest BCUT2D eigenvalue weighted by Gasteiger charge is -2.26. The van der Waals surface area contributed by atoms with Crippen molar-refractivity contribution in [3.8, 4) is 11.1 Å². The number of aromatic nitrogens is 4. The van der Waals surface area contributed by atoms with Crippen molar-refractivity contribution in [2.45, 2.75) is 38.3 Å². The number of anilines is 1. The quantitative estimate of drug-likeness (QED) is 0.551. The SMILES string of the molecule is O=C(Nc1ccc2ncc(-c3cnn(CCN4CCNCC4)c3)cc2n1)NC1CCCC1. The third-order valence-electron chi connectivity index (χ3n) is 6.29. The van der Waals surface area contributed by atoms with Gasteiger partial charge in [-0.15, -0.1) is 0 Å². The molecule has 9 heteroatoms. The molecule has 1 aliphatic heterocycles. The Morgan fingerprint density at radius 2 is 1.91 bits per heavy atom. The van der Waals surface area contributed by atoms with Gasteiger partial charge in [0.1, 0.15) is 5.82 Å². The van der Waals surface area contributed by atoms with Crippen LogP contribution in [0.1, 0.15) is 25.7 Å². The highest BCUT2D eigenvalue weighted by Gasteiger charge is 2.17. The van der Waals surface area contributed by atoms with Crippen LogP contribution in [0, 0.1) is 0 Å². The zero-order valence-corrected chi connectivity index (χ0v) is 18.3. The maximum atomic E-state index is 12.3. The minimum atomic E-state index is -0.196. The van der Waals surface area contributed by atoms with Gasteiger partial charge in [0.15, 0.2) is 0 Å². The molecule has 32 heavy (non-hydrogen) atoms. The number of pyridine rings is 2. The third kappa shape index (κ3) is 5.05. The summed E-state index contributed by atoms with van der Waals surface area (Å²) in [6, 6.07) is 5.75. The van der Waals surface area contributed by atoms with Crippen LogP contribution in [-0.4, -0.2) is 69.4 Å². The van der Waals surface area contributed by atoms with Crippen LogP contribution in [0.25, 0.3) is 22.2 Å². The Bertz CT molecular complexity index is 1070. The normalized spacial score (nSPS) is 17.6. The molecule has 2 amide bonds. The van der Waals surface area contributed by atoms with E-state index >= 15 is 0 Å². The van der Waals surface area contributed by atoms with Crippen LogP contribution < -0.4 is 16.0 Å². The van der Waals surface area contributed by atoms with Crippen LogP contribution in [0.5, 0.6) is 0 Å². The molecule has 1 saturated heterocycles. The Balaban J connectivity index is 1.25. The molecule has 0 spiro atoms. The summed E-state index contributed by atoms with van der Waals surface area (Å²) in [4.78, 5) is 23.9. The smallest absolute Gasteiger partial charge is 0.320 e. The molecule has 168 valence electrons. The van der Waals surface area contributed by atoms with Crippen molar-refractivity contribution in [3.05, 3.63) is 36.8 Å². The topological polar surface area (TPSA) is 100 Å². The molecule has 0 radical (unpaired) electrons. The number of hydrogen-bond acceptors (Lipinski definition) is 6. The van der Waals surface area contributed by atoms with Gasteiger partial charge in [-0.1, -0.05) is 12.8 Å². The predicted molar refractivity (Wildman–Crippen MR) is 124 cm³/mol. The summed E-state index contributed by atoms with van der Waals surface area (Å²) in [7, 11) is 0. The lowest BCUT2D eigenvalue weighted by Crippen LogP contribution is -2.44. The number of carbonyl (C=O) groups excluding carboxylic acids is 1. The Morgan fingerprint density at radius 3 is 2.75 bits per heavy atom. The summed E-state index contributed by atoms with van der Waals surface area (Å²) >= 11 is 0. The maximum Gasteiger partial charge on any atom is 0.320 e. The van der Waals surface area contributed by atoms with Gasteiger partial charge in [0.05, 0.1) is 23.8 Å². The van der Waals surface area contributed by atoms with Gasteiger partial charge >= 0.3 is 6.03 Å². The molecule has 3 aromatic rings. The lowest BCUT2D eigenvalue weighted by atomic mass is 10.1. The van der Waals surface area contributed by atoms with Crippen LogP contribution in [-0.2, 0) is 6.54 Å². The van der Waals surface area contributed by atoms with E-state index in [0.29, 0.717) is 5.82 Å². The molecule has 0 aromatic carbocycles. The van der Waals surface area contributed by atoms with Gasteiger partial charge in [0.2, 0.25) is 0 Å².